The molecule has 0 aliphatic rings. The maximum absolute atomic E-state index is 11.0. The summed E-state index contributed by atoms with van der Waals surface area (Å²) in [5.41, 5.74) is -0.968. The summed E-state index contributed by atoms with van der Waals surface area (Å²) in [5.74, 6) is 0. The molecule has 0 aliphatic heterocycles. The van der Waals surface area contributed by atoms with Crippen LogP contribution in [0, 0.1) is 16.7 Å². The molecule has 0 fully saturated rings. The van der Waals surface area contributed by atoms with Crippen LogP contribution in [-0.4, -0.2) is 5.11 Å². The predicted octanol–water partition coefficient (Wildman–Crippen LogP) is 3.61. The van der Waals surface area contributed by atoms with E-state index in [4.69, 9.17) is 0 Å². The lowest BCUT2D eigenvalue weighted by Crippen LogP contribution is -2.42. The molecule has 0 amide bonds. The topological polar surface area (TPSA) is 44.0 Å². The third-order valence-electron chi connectivity index (χ3n) is 3.73. The van der Waals surface area contributed by atoms with Crippen molar-refractivity contribution in [2.45, 2.75) is 45.6 Å². The summed E-state index contributed by atoms with van der Waals surface area (Å²) in [6.45, 7) is 5.82. The van der Waals surface area contributed by atoms with Crippen molar-refractivity contribution < 1.29 is 5.11 Å². The Kier molecular flexibility index (Phi) is 4.31. The molecule has 17 heavy (non-hydrogen) atoms. The van der Waals surface area contributed by atoms with Crippen LogP contribution in [0.25, 0.3) is 0 Å². The van der Waals surface area contributed by atoms with Gasteiger partial charge in [0, 0.05) is 0 Å². The van der Waals surface area contributed by atoms with Gasteiger partial charge in [0.25, 0.3) is 0 Å². The molecule has 2 nitrogen and oxygen atoms in total. The summed E-state index contributed by atoms with van der Waals surface area (Å²) in [5, 5.41) is 20.4. The zero-order valence-electron chi connectivity index (χ0n) is 10.9. The summed E-state index contributed by atoms with van der Waals surface area (Å²) >= 11 is 0. The Morgan fingerprint density at radius 2 is 1.82 bits per heavy atom. The van der Waals surface area contributed by atoms with E-state index in [1.165, 1.54) is 0 Å². The van der Waals surface area contributed by atoms with Crippen LogP contribution in [0.2, 0.25) is 0 Å². The van der Waals surface area contributed by atoms with Crippen LogP contribution in [0.15, 0.2) is 30.3 Å². The Balaban J connectivity index is 3.28. The van der Waals surface area contributed by atoms with E-state index in [1.807, 2.05) is 51.1 Å². The average Bonchev–Trinajstić information content (AvgIpc) is 2.38. The minimum Gasteiger partial charge on any atom is -0.383 e. The zero-order valence-corrected chi connectivity index (χ0v) is 10.9. The molecule has 2 unspecified atom stereocenters. The number of hydrogen-bond acceptors (Lipinski definition) is 2. The van der Waals surface area contributed by atoms with Crippen LogP contribution in [0.5, 0.6) is 0 Å². The molecule has 1 aromatic carbocycles. The molecule has 2 atom stereocenters. The summed E-state index contributed by atoms with van der Waals surface area (Å²) < 4.78 is 0. The SMILES string of the molecule is CCCC(O)(c1ccccc1)C(C)(C#N)CC. The van der Waals surface area contributed by atoms with Gasteiger partial charge in [0.2, 0.25) is 0 Å². The van der Waals surface area contributed by atoms with Gasteiger partial charge in [0.1, 0.15) is 5.60 Å². The fourth-order valence-electron chi connectivity index (χ4n) is 2.28. The maximum Gasteiger partial charge on any atom is 0.108 e. The lowest BCUT2D eigenvalue weighted by molar-refractivity contribution is -0.0631. The molecule has 2 heteroatoms. The first-order valence-electron chi connectivity index (χ1n) is 6.23. The van der Waals surface area contributed by atoms with E-state index in [1.54, 1.807) is 0 Å². The van der Waals surface area contributed by atoms with Gasteiger partial charge in [-0.25, -0.2) is 0 Å². The number of rotatable bonds is 5. The van der Waals surface area contributed by atoms with E-state index < -0.39 is 11.0 Å². The highest BCUT2D eigenvalue weighted by molar-refractivity contribution is 5.28. The Morgan fingerprint density at radius 3 is 2.24 bits per heavy atom. The van der Waals surface area contributed by atoms with Crippen LogP contribution in [0.3, 0.4) is 0 Å². The van der Waals surface area contributed by atoms with Crippen molar-refractivity contribution in [3.05, 3.63) is 35.9 Å². The molecule has 0 spiro atoms. The molecule has 1 aromatic rings. The summed E-state index contributed by atoms with van der Waals surface area (Å²) in [6.07, 6.45) is 2.09. The van der Waals surface area contributed by atoms with Gasteiger partial charge in [0.05, 0.1) is 11.5 Å². The van der Waals surface area contributed by atoms with Gasteiger partial charge in [-0.1, -0.05) is 50.6 Å². The number of nitrogens with zero attached hydrogens (tertiary/aromatic N) is 1. The molecular weight excluding hydrogens is 210 g/mol. The highest BCUT2D eigenvalue weighted by Crippen LogP contribution is 2.45. The minimum atomic E-state index is -1.06. The highest BCUT2D eigenvalue weighted by Gasteiger charge is 2.46. The first-order valence-corrected chi connectivity index (χ1v) is 6.23. The first kappa shape index (κ1) is 13.7. The van der Waals surface area contributed by atoms with E-state index >= 15 is 0 Å². The fourth-order valence-corrected chi connectivity index (χ4v) is 2.28. The minimum absolute atomic E-state index is 0.606. The smallest absolute Gasteiger partial charge is 0.108 e. The lowest BCUT2D eigenvalue weighted by Gasteiger charge is -2.40. The molecule has 92 valence electrons. The van der Waals surface area contributed by atoms with Crippen LogP contribution in [0.1, 0.15) is 45.6 Å². The molecule has 0 saturated heterocycles. The number of aliphatic hydroxyl groups is 1. The summed E-state index contributed by atoms with van der Waals surface area (Å²) in [7, 11) is 0. The van der Waals surface area contributed by atoms with E-state index in [-0.39, 0.29) is 0 Å². The van der Waals surface area contributed by atoms with E-state index in [0.717, 1.165) is 12.0 Å². The lowest BCUT2D eigenvalue weighted by atomic mass is 9.67. The first-order chi connectivity index (χ1) is 8.04. The molecule has 0 saturated carbocycles. The molecule has 1 N–H and O–H groups in total. The van der Waals surface area contributed by atoms with Crippen molar-refractivity contribution in [2.75, 3.05) is 0 Å². The van der Waals surface area contributed by atoms with Gasteiger partial charge in [-0.15, -0.1) is 0 Å². The van der Waals surface area contributed by atoms with Gasteiger partial charge < -0.3 is 5.11 Å². The third kappa shape index (κ3) is 2.35. The molecule has 0 aromatic heterocycles. The van der Waals surface area contributed by atoms with Gasteiger partial charge in [-0.05, 0) is 25.3 Å². The Morgan fingerprint density at radius 1 is 1.24 bits per heavy atom. The molecule has 0 heterocycles. The number of benzene rings is 1. The maximum atomic E-state index is 11.0. The molecule has 0 bridgehead atoms. The second kappa shape index (κ2) is 5.33. The second-order valence-electron chi connectivity index (χ2n) is 4.77. The van der Waals surface area contributed by atoms with Gasteiger partial charge >= 0.3 is 0 Å². The molecule has 0 radical (unpaired) electrons. The van der Waals surface area contributed by atoms with Crippen molar-refractivity contribution in [2.24, 2.45) is 5.41 Å². The normalized spacial score (nSPS) is 17.8. The highest BCUT2D eigenvalue weighted by atomic mass is 16.3. The fraction of sp³-hybridized carbons (Fsp3) is 0.533. The van der Waals surface area contributed by atoms with Crippen molar-refractivity contribution in [1.82, 2.24) is 0 Å². The quantitative estimate of drug-likeness (QED) is 0.841. The molecule has 1 rings (SSSR count). The van der Waals surface area contributed by atoms with Crippen molar-refractivity contribution >= 4 is 0 Å². The van der Waals surface area contributed by atoms with Crippen molar-refractivity contribution in [1.29, 1.82) is 5.26 Å². The second-order valence-corrected chi connectivity index (χ2v) is 4.77. The van der Waals surface area contributed by atoms with Crippen molar-refractivity contribution in [3.8, 4) is 6.07 Å². The largest absolute Gasteiger partial charge is 0.383 e. The van der Waals surface area contributed by atoms with Crippen LogP contribution >= 0.6 is 0 Å². The van der Waals surface area contributed by atoms with E-state index in [2.05, 4.69) is 6.07 Å². The predicted molar refractivity (Wildman–Crippen MR) is 69.3 cm³/mol. The summed E-state index contributed by atoms with van der Waals surface area (Å²) in [4.78, 5) is 0. The molecule has 0 aliphatic carbocycles. The van der Waals surface area contributed by atoms with Crippen LogP contribution < -0.4 is 0 Å². The van der Waals surface area contributed by atoms with Crippen LogP contribution in [0.4, 0.5) is 0 Å². The average molecular weight is 231 g/mol. The van der Waals surface area contributed by atoms with E-state index in [9.17, 15) is 10.4 Å². The third-order valence-corrected chi connectivity index (χ3v) is 3.73. The van der Waals surface area contributed by atoms with Gasteiger partial charge in [0.15, 0.2) is 0 Å². The standard InChI is InChI=1S/C15H21NO/c1-4-11-15(17,14(3,5-2)12-16)13-9-7-6-8-10-13/h6-10,17H,4-5,11H2,1-3H3. The molecular formula is C15H21NO. The monoisotopic (exact) mass is 231 g/mol. The number of hydrogen-bond donors (Lipinski definition) is 1. The Bertz CT molecular complexity index is 395. The Hall–Kier alpha value is -1.33. The summed E-state index contributed by atoms with van der Waals surface area (Å²) in [6, 6.07) is 11.8. The van der Waals surface area contributed by atoms with Gasteiger partial charge in [-0.2, -0.15) is 5.26 Å². The zero-order chi connectivity index (χ0) is 12.9. The van der Waals surface area contributed by atoms with E-state index in [0.29, 0.717) is 12.8 Å². The van der Waals surface area contributed by atoms with Crippen molar-refractivity contribution in [3.63, 3.8) is 0 Å². The van der Waals surface area contributed by atoms with Crippen LogP contribution in [-0.2, 0) is 5.60 Å². The Labute approximate surface area is 104 Å². The van der Waals surface area contributed by atoms with Gasteiger partial charge in [-0.3, -0.25) is 0 Å². The number of nitriles is 1.